The number of aliphatic hydroxyl groups is 2. The molecule has 8 aliphatic rings. The molecule has 0 aromatic rings. The zero-order valence-electron chi connectivity index (χ0n) is 35.1. The maximum absolute atomic E-state index is 12.4. The summed E-state index contributed by atoms with van der Waals surface area (Å²) in [5.74, 6) is 0.789. The van der Waals surface area contributed by atoms with Crippen molar-refractivity contribution in [1.29, 1.82) is 0 Å². The van der Waals surface area contributed by atoms with E-state index in [-0.39, 0.29) is 97.2 Å². The van der Waals surface area contributed by atoms with Gasteiger partial charge in [-0.1, -0.05) is 72.3 Å². The van der Waals surface area contributed by atoms with Crippen LogP contribution in [0.5, 0.6) is 0 Å². The van der Waals surface area contributed by atoms with Crippen molar-refractivity contribution in [2.45, 2.75) is 258 Å². The fraction of sp³-hybridized carbons (Fsp3) is 0.940. The van der Waals surface area contributed by atoms with Crippen LogP contribution in [-0.2, 0) is 33.3 Å². The Labute approximate surface area is 364 Å². The molecule has 8 atom stereocenters. The minimum Gasteiger partial charge on any atom is -0.459 e. The van der Waals surface area contributed by atoms with E-state index in [4.69, 9.17) is 18.9 Å². The van der Waals surface area contributed by atoms with Crippen molar-refractivity contribution in [3.8, 4) is 0 Å². The Balaban J connectivity index is 0. The van der Waals surface area contributed by atoms with Gasteiger partial charge in [0, 0.05) is 12.3 Å². The van der Waals surface area contributed by atoms with Gasteiger partial charge in [0.05, 0.1) is 21.8 Å². The van der Waals surface area contributed by atoms with Gasteiger partial charge in [0.25, 0.3) is 0 Å². The van der Waals surface area contributed by atoms with E-state index < -0.39 is 22.2 Å². The second-order valence-electron chi connectivity index (χ2n) is 20.6. The number of fused-ring (bicyclic) bond motifs is 1. The molecule has 8 fully saturated rings. The summed E-state index contributed by atoms with van der Waals surface area (Å²) in [5, 5.41) is 20.9. The fourth-order valence-corrected chi connectivity index (χ4v) is 10.7. The highest BCUT2D eigenvalue weighted by molar-refractivity contribution is 5.77. The monoisotopic (exact) mass is 843 g/mol. The highest BCUT2D eigenvalue weighted by Crippen LogP contribution is 2.61. The number of ether oxygens (including phenoxy) is 4. The van der Waals surface area contributed by atoms with Crippen molar-refractivity contribution in [3.05, 3.63) is 0 Å². The highest BCUT2D eigenvalue weighted by Gasteiger charge is 2.66. The van der Waals surface area contributed by atoms with Crippen molar-refractivity contribution in [2.75, 3.05) is 0 Å². The maximum Gasteiger partial charge on any atom is 0.312 e. The summed E-state index contributed by atoms with van der Waals surface area (Å²) < 4.78 is 23.3. The van der Waals surface area contributed by atoms with Crippen LogP contribution in [0.2, 0.25) is 0 Å². The lowest BCUT2D eigenvalue weighted by Gasteiger charge is -2.59. The fourth-order valence-electron chi connectivity index (χ4n) is 10.7. The van der Waals surface area contributed by atoms with Gasteiger partial charge < -0.3 is 29.2 Å². The van der Waals surface area contributed by atoms with E-state index in [0.717, 1.165) is 77.0 Å². The predicted octanol–water partition coefficient (Wildman–Crippen LogP) is 12.7. The Kier molecular flexibility index (Phi) is 21.2. The lowest BCUT2D eigenvalue weighted by atomic mass is 9.52. The molecule has 0 aromatic heterocycles. The van der Waals surface area contributed by atoms with Crippen LogP contribution in [0.3, 0.4) is 0 Å². The quantitative estimate of drug-likeness (QED) is 0.163. The first-order valence-electron chi connectivity index (χ1n) is 21.3. The number of carbonyl (C=O) groups excluding carboxylic acids is 3. The normalized spacial score (nSPS) is 34.8. The van der Waals surface area contributed by atoms with Crippen LogP contribution in [0.15, 0.2) is 0 Å². The molecule has 2 N–H and O–H groups in total. The Bertz CT molecular complexity index is 1330. The number of esters is 3. The van der Waals surface area contributed by atoms with Crippen molar-refractivity contribution in [1.82, 2.24) is 0 Å². The average Bonchev–Trinajstić information content (AvgIpc) is 3.83. The molecular formula is C50H98O9. The molecular weight excluding hydrogens is 745 g/mol. The Hall–Kier alpha value is -1.71. The van der Waals surface area contributed by atoms with Crippen LogP contribution in [0, 0.1) is 45.8 Å². The first kappa shape index (κ1) is 59.4. The molecule has 59 heavy (non-hydrogen) atoms. The molecule has 0 aromatic carbocycles. The summed E-state index contributed by atoms with van der Waals surface area (Å²) >= 11 is 0. The number of hydrogen-bond acceptors (Lipinski definition) is 9. The van der Waals surface area contributed by atoms with Gasteiger partial charge in [0.1, 0.15) is 23.4 Å². The van der Waals surface area contributed by atoms with Gasteiger partial charge in [-0.05, 0) is 168 Å². The average molecular weight is 843 g/mol. The Morgan fingerprint density at radius 1 is 0.661 bits per heavy atom. The topological polar surface area (TPSA) is 129 Å². The molecule has 1 heterocycles. The molecule has 0 spiro atoms. The molecule has 9 nitrogen and oxygen atoms in total. The van der Waals surface area contributed by atoms with Crippen molar-refractivity contribution in [3.63, 3.8) is 0 Å². The van der Waals surface area contributed by atoms with Crippen LogP contribution >= 0.6 is 0 Å². The molecule has 8 rings (SSSR count). The standard InChI is InChI=1S/C16H26O3.C15H24O4.C13H24O2.6CH4/c1-4-14(2,3)13(17)19-16-8-11-5-12(9-16)7-15(18,6-11)10-16;1-5-14(2,3)13(16)18-11-8-6-9-10(7-8)15(4,17)19-12(9)11;1-5-12(3,4)11(14)15-13(6-2)9-7-8-10-13;;;;;;/h11-12,18H,4-10H2,1-3H3;8-12,17H,5-7H2,1-4H3;5-10H2,1-4H3;6*1H4. The second-order valence-corrected chi connectivity index (χ2v) is 20.6. The molecule has 0 radical (unpaired) electrons. The van der Waals surface area contributed by atoms with E-state index in [9.17, 15) is 24.6 Å². The molecule has 6 bridgehead atoms. The molecule has 7 saturated carbocycles. The molecule has 7 aliphatic carbocycles. The third kappa shape index (κ3) is 12.3. The van der Waals surface area contributed by atoms with Gasteiger partial charge >= 0.3 is 17.9 Å². The van der Waals surface area contributed by atoms with Crippen molar-refractivity contribution < 1.29 is 43.5 Å². The lowest BCUT2D eigenvalue weighted by molar-refractivity contribution is -0.225. The van der Waals surface area contributed by atoms with E-state index in [1.807, 2.05) is 62.3 Å². The molecule has 8 unspecified atom stereocenters. The first-order valence-corrected chi connectivity index (χ1v) is 21.3. The minimum atomic E-state index is -1.04. The summed E-state index contributed by atoms with van der Waals surface area (Å²) in [6, 6.07) is 0. The number of rotatable bonds is 10. The molecule has 9 heteroatoms. The van der Waals surface area contributed by atoms with Crippen LogP contribution in [0.4, 0.5) is 0 Å². The lowest BCUT2D eigenvalue weighted by Crippen LogP contribution is -2.61. The third-order valence-electron chi connectivity index (χ3n) is 15.2. The molecule has 0 amide bonds. The second kappa shape index (κ2) is 21.1. The number of carbonyl (C=O) groups is 3. The molecule has 1 saturated heterocycles. The Morgan fingerprint density at radius 2 is 1.12 bits per heavy atom. The minimum absolute atomic E-state index is 0. The van der Waals surface area contributed by atoms with E-state index in [1.165, 1.54) is 19.3 Å². The Morgan fingerprint density at radius 3 is 1.56 bits per heavy atom. The van der Waals surface area contributed by atoms with Gasteiger partial charge in [-0.15, -0.1) is 0 Å². The summed E-state index contributed by atoms with van der Waals surface area (Å²) in [6.07, 6.45) is 15.2. The highest BCUT2D eigenvalue weighted by atomic mass is 16.7. The van der Waals surface area contributed by atoms with Gasteiger partial charge in [0.15, 0.2) is 5.79 Å². The summed E-state index contributed by atoms with van der Waals surface area (Å²) in [4.78, 5) is 36.6. The van der Waals surface area contributed by atoms with Gasteiger partial charge in [-0.2, -0.15) is 0 Å². The predicted molar refractivity (Wildman–Crippen MR) is 244 cm³/mol. The smallest absolute Gasteiger partial charge is 0.312 e. The van der Waals surface area contributed by atoms with Crippen LogP contribution in [-0.4, -0.2) is 62.9 Å². The van der Waals surface area contributed by atoms with Gasteiger partial charge in [-0.25, -0.2) is 0 Å². The van der Waals surface area contributed by atoms with Crippen LogP contribution in [0.25, 0.3) is 0 Å². The zero-order chi connectivity index (χ0) is 39.4. The number of hydrogen-bond donors (Lipinski definition) is 2. The van der Waals surface area contributed by atoms with Crippen molar-refractivity contribution in [2.24, 2.45) is 45.8 Å². The zero-order valence-corrected chi connectivity index (χ0v) is 35.1. The summed E-state index contributed by atoms with van der Waals surface area (Å²) in [5.41, 5.74) is -2.23. The molecule has 352 valence electrons. The summed E-state index contributed by atoms with van der Waals surface area (Å²) in [6.45, 7) is 21.6. The largest absolute Gasteiger partial charge is 0.459 e. The van der Waals surface area contributed by atoms with E-state index >= 15 is 0 Å². The van der Waals surface area contributed by atoms with Crippen LogP contribution in [0.1, 0.15) is 223 Å². The first-order chi connectivity index (χ1) is 24.5. The maximum atomic E-state index is 12.4. The SMILES string of the molecule is C.C.C.C.C.C.CCC(C)(C)C(=O)OC12CC3CC(CC(O)(C3)C1)C2.CCC(C)(C)C(=O)OC1C2CC3C1OC(C)(O)C3C2.CCC1(OC(=O)C(C)(C)CC)CCCC1. The van der Waals surface area contributed by atoms with Crippen molar-refractivity contribution >= 4 is 17.9 Å². The van der Waals surface area contributed by atoms with Gasteiger partial charge in [-0.3, -0.25) is 14.4 Å². The van der Waals surface area contributed by atoms with E-state index in [1.54, 1.807) is 6.92 Å². The van der Waals surface area contributed by atoms with Crippen LogP contribution < -0.4 is 0 Å². The van der Waals surface area contributed by atoms with Gasteiger partial charge in [0.2, 0.25) is 0 Å². The molecule has 1 aliphatic heterocycles. The van der Waals surface area contributed by atoms with E-state index in [2.05, 4.69) is 6.92 Å². The summed E-state index contributed by atoms with van der Waals surface area (Å²) in [7, 11) is 0. The third-order valence-corrected chi connectivity index (χ3v) is 15.2. The van der Waals surface area contributed by atoms with E-state index in [0.29, 0.717) is 30.1 Å².